The molecular weight excluding hydrogens is 416 g/mol. The number of carbonyl (C=O) groups is 1. The molecule has 1 aliphatic rings. The molecule has 4 aromatic rings. The Morgan fingerprint density at radius 2 is 1.84 bits per heavy atom. The minimum absolute atomic E-state index is 0.00876. The van der Waals surface area contributed by atoms with E-state index in [-0.39, 0.29) is 34.5 Å². The van der Waals surface area contributed by atoms with Crippen molar-refractivity contribution in [2.45, 2.75) is 12.3 Å². The highest BCUT2D eigenvalue weighted by Crippen LogP contribution is 2.45. The van der Waals surface area contributed by atoms with E-state index in [4.69, 9.17) is 23.0 Å². The first-order valence-electron chi connectivity index (χ1n) is 9.79. The number of furan rings is 1. The third kappa shape index (κ3) is 2.99. The minimum atomic E-state index is -0.514. The van der Waals surface area contributed by atoms with Crippen LogP contribution in [0.2, 0.25) is 0 Å². The summed E-state index contributed by atoms with van der Waals surface area (Å²) in [6.07, 6.45) is 2.84. The van der Waals surface area contributed by atoms with Gasteiger partial charge in [-0.2, -0.15) is 0 Å². The van der Waals surface area contributed by atoms with E-state index in [2.05, 4.69) is 0 Å². The number of carbonyl (C=O) groups excluding carboxylic acids is 1. The Balaban J connectivity index is 1.75. The Hall–Kier alpha value is -4.20. The number of esters is 1. The predicted molar refractivity (Wildman–Crippen MR) is 113 cm³/mol. The fourth-order valence-corrected chi connectivity index (χ4v) is 4.07. The molecule has 0 amide bonds. The van der Waals surface area contributed by atoms with Gasteiger partial charge in [0.05, 0.1) is 38.4 Å². The van der Waals surface area contributed by atoms with Crippen molar-refractivity contribution in [3.8, 4) is 34.1 Å². The molecule has 1 atom stereocenters. The molecule has 5 rings (SSSR count). The predicted octanol–water partition coefficient (Wildman–Crippen LogP) is 4.22. The van der Waals surface area contributed by atoms with Gasteiger partial charge in [0.1, 0.15) is 34.5 Å². The SMILES string of the molecule is COc1ccc(-c2coc3c4c(cc(O)c3c2=O)OC(=O)C[C@@H]4c2ccco2)cc1OC. The molecule has 8 nitrogen and oxygen atoms in total. The van der Waals surface area contributed by atoms with Gasteiger partial charge in [-0.15, -0.1) is 0 Å². The lowest BCUT2D eigenvalue weighted by molar-refractivity contribution is -0.135. The van der Waals surface area contributed by atoms with Gasteiger partial charge in [-0.3, -0.25) is 9.59 Å². The maximum absolute atomic E-state index is 13.4. The number of hydrogen-bond donors (Lipinski definition) is 1. The number of rotatable bonds is 4. The van der Waals surface area contributed by atoms with Gasteiger partial charge in [0.25, 0.3) is 0 Å². The zero-order valence-electron chi connectivity index (χ0n) is 17.2. The van der Waals surface area contributed by atoms with Crippen molar-refractivity contribution >= 4 is 16.9 Å². The highest BCUT2D eigenvalue weighted by molar-refractivity contribution is 5.94. The summed E-state index contributed by atoms with van der Waals surface area (Å²) in [5.74, 6) is 0.297. The molecule has 0 spiro atoms. The van der Waals surface area contributed by atoms with E-state index in [0.717, 1.165) is 0 Å². The molecule has 2 aromatic carbocycles. The molecule has 0 unspecified atom stereocenters. The number of hydrogen-bond acceptors (Lipinski definition) is 8. The standard InChI is InChI=1S/C24H18O8/c1-28-17-6-5-12(8-18(17)29-2)14-11-31-24-21-13(16-4-3-7-30-16)9-20(26)32-19(21)10-15(25)22(24)23(14)27/h3-8,10-11,13,25H,9H2,1-2H3/t13-/m1/s1. The number of benzene rings is 2. The van der Waals surface area contributed by atoms with Gasteiger partial charge in [0, 0.05) is 11.6 Å². The van der Waals surface area contributed by atoms with Gasteiger partial charge in [-0.1, -0.05) is 6.07 Å². The lowest BCUT2D eigenvalue weighted by Crippen LogP contribution is -2.21. The van der Waals surface area contributed by atoms with E-state index in [9.17, 15) is 14.7 Å². The third-order valence-electron chi connectivity index (χ3n) is 5.55. The zero-order valence-corrected chi connectivity index (χ0v) is 17.2. The number of methoxy groups -OCH3 is 2. The fraction of sp³-hybridized carbons (Fsp3) is 0.167. The number of phenolic OH excluding ortho intramolecular Hbond substituents is 1. The summed E-state index contributed by atoms with van der Waals surface area (Å²) < 4.78 is 27.3. The van der Waals surface area contributed by atoms with Crippen LogP contribution in [0.5, 0.6) is 23.0 Å². The van der Waals surface area contributed by atoms with E-state index in [1.807, 2.05) is 0 Å². The summed E-state index contributed by atoms with van der Waals surface area (Å²) in [4.78, 5) is 25.6. The summed E-state index contributed by atoms with van der Waals surface area (Å²) in [5.41, 5.74) is 0.945. The Morgan fingerprint density at radius 1 is 1.03 bits per heavy atom. The molecule has 32 heavy (non-hydrogen) atoms. The Labute approximate surface area is 181 Å². The highest BCUT2D eigenvalue weighted by Gasteiger charge is 2.35. The average molecular weight is 434 g/mol. The van der Waals surface area contributed by atoms with Gasteiger partial charge in [-0.05, 0) is 29.8 Å². The van der Waals surface area contributed by atoms with Crippen molar-refractivity contribution in [3.63, 3.8) is 0 Å². The summed E-state index contributed by atoms with van der Waals surface area (Å²) in [5, 5.41) is 10.6. The van der Waals surface area contributed by atoms with Crippen molar-refractivity contribution in [1.82, 2.24) is 0 Å². The highest BCUT2D eigenvalue weighted by atomic mass is 16.5. The van der Waals surface area contributed by atoms with Crippen LogP contribution in [0, 0.1) is 0 Å². The van der Waals surface area contributed by atoms with Crippen molar-refractivity contribution in [3.05, 3.63) is 70.5 Å². The molecular formula is C24H18O8. The van der Waals surface area contributed by atoms with E-state index in [0.29, 0.717) is 28.4 Å². The van der Waals surface area contributed by atoms with Crippen LogP contribution >= 0.6 is 0 Å². The van der Waals surface area contributed by atoms with Crippen LogP contribution in [-0.2, 0) is 4.79 Å². The molecule has 8 heteroatoms. The zero-order chi connectivity index (χ0) is 22.4. The van der Waals surface area contributed by atoms with Crippen LogP contribution in [0.1, 0.15) is 23.7 Å². The Morgan fingerprint density at radius 3 is 2.56 bits per heavy atom. The van der Waals surface area contributed by atoms with Crippen molar-refractivity contribution in [2.75, 3.05) is 14.2 Å². The largest absolute Gasteiger partial charge is 0.507 e. The van der Waals surface area contributed by atoms with Gasteiger partial charge >= 0.3 is 5.97 Å². The Kier molecular flexibility index (Phi) is 4.62. The third-order valence-corrected chi connectivity index (χ3v) is 5.55. The quantitative estimate of drug-likeness (QED) is 0.376. The van der Waals surface area contributed by atoms with E-state index < -0.39 is 17.3 Å². The maximum Gasteiger partial charge on any atom is 0.312 e. The van der Waals surface area contributed by atoms with Crippen molar-refractivity contribution in [1.29, 1.82) is 0 Å². The lowest BCUT2D eigenvalue weighted by atomic mass is 9.88. The van der Waals surface area contributed by atoms with E-state index in [1.165, 1.54) is 32.8 Å². The maximum atomic E-state index is 13.4. The lowest BCUT2D eigenvalue weighted by Gasteiger charge is -2.24. The summed E-state index contributed by atoms with van der Waals surface area (Å²) in [7, 11) is 3.02. The van der Waals surface area contributed by atoms with Gasteiger partial charge in [0.2, 0.25) is 5.43 Å². The van der Waals surface area contributed by atoms with Gasteiger partial charge in [0.15, 0.2) is 11.5 Å². The topological polar surface area (TPSA) is 108 Å². The molecule has 0 saturated carbocycles. The molecule has 1 aliphatic heterocycles. The molecule has 2 aromatic heterocycles. The molecule has 0 aliphatic carbocycles. The molecule has 1 N–H and O–H groups in total. The summed E-state index contributed by atoms with van der Waals surface area (Å²) in [6.45, 7) is 0. The van der Waals surface area contributed by atoms with Crippen molar-refractivity contribution < 1.29 is 32.9 Å². The van der Waals surface area contributed by atoms with Gasteiger partial charge in [-0.25, -0.2) is 0 Å². The van der Waals surface area contributed by atoms with Crippen LogP contribution in [0.3, 0.4) is 0 Å². The first kappa shape index (κ1) is 19.7. The van der Waals surface area contributed by atoms with Crippen LogP contribution in [0.15, 0.2) is 62.6 Å². The first-order chi connectivity index (χ1) is 15.5. The van der Waals surface area contributed by atoms with Crippen LogP contribution in [0.4, 0.5) is 0 Å². The number of phenols is 1. The second-order valence-corrected chi connectivity index (χ2v) is 7.31. The molecule has 0 radical (unpaired) electrons. The monoisotopic (exact) mass is 434 g/mol. The Bertz CT molecular complexity index is 1400. The molecule has 0 fully saturated rings. The number of aromatic hydroxyl groups is 1. The smallest absolute Gasteiger partial charge is 0.312 e. The van der Waals surface area contributed by atoms with Gasteiger partial charge < -0.3 is 28.2 Å². The van der Waals surface area contributed by atoms with E-state index in [1.54, 1.807) is 30.3 Å². The average Bonchev–Trinajstić information content (AvgIpc) is 3.32. The normalized spacial score (nSPS) is 15.3. The second kappa shape index (κ2) is 7.49. The first-order valence-corrected chi connectivity index (χ1v) is 9.79. The number of fused-ring (bicyclic) bond motifs is 3. The molecule has 0 bridgehead atoms. The summed E-state index contributed by atoms with van der Waals surface area (Å²) >= 11 is 0. The summed E-state index contributed by atoms with van der Waals surface area (Å²) in [6, 6.07) is 9.74. The van der Waals surface area contributed by atoms with Crippen molar-refractivity contribution in [2.24, 2.45) is 0 Å². The molecule has 0 saturated heterocycles. The van der Waals surface area contributed by atoms with Crippen LogP contribution in [-0.4, -0.2) is 25.3 Å². The molecule has 162 valence electrons. The minimum Gasteiger partial charge on any atom is -0.507 e. The fourth-order valence-electron chi connectivity index (χ4n) is 4.07. The van der Waals surface area contributed by atoms with E-state index >= 15 is 0 Å². The number of ether oxygens (including phenoxy) is 3. The van der Waals surface area contributed by atoms with Crippen LogP contribution in [0.25, 0.3) is 22.1 Å². The second-order valence-electron chi connectivity index (χ2n) is 7.31. The van der Waals surface area contributed by atoms with Crippen LogP contribution < -0.4 is 19.6 Å². The molecule has 3 heterocycles.